The molecule has 0 aliphatic rings. The molecule has 0 aliphatic heterocycles. The minimum absolute atomic E-state index is 0.0592. The molecule has 1 rings (SSSR count). The molecule has 5 nitrogen and oxygen atoms in total. The third kappa shape index (κ3) is 6.62. The van der Waals surface area contributed by atoms with E-state index in [1.165, 1.54) is 0 Å². The number of rotatable bonds is 9. The van der Waals surface area contributed by atoms with Crippen LogP contribution in [0.3, 0.4) is 0 Å². The Labute approximate surface area is 125 Å². The van der Waals surface area contributed by atoms with Gasteiger partial charge in [0.25, 0.3) is 0 Å². The monoisotopic (exact) mass is 314 g/mol. The van der Waals surface area contributed by atoms with Crippen LogP contribution in [-0.2, 0) is 14.6 Å². The summed E-state index contributed by atoms with van der Waals surface area (Å²) in [5.74, 6) is -1.81. The van der Waals surface area contributed by atoms with Gasteiger partial charge in [-0.1, -0.05) is 32.0 Å². The summed E-state index contributed by atoms with van der Waals surface area (Å²) >= 11 is 0. The van der Waals surface area contributed by atoms with E-state index in [1.54, 1.807) is 26.0 Å². The van der Waals surface area contributed by atoms with Crippen molar-refractivity contribution in [2.45, 2.75) is 20.3 Å². The molecule has 0 radical (unpaired) electrons. The van der Waals surface area contributed by atoms with Crippen LogP contribution in [0.5, 0.6) is 5.75 Å². The van der Waals surface area contributed by atoms with Crippen molar-refractivity contribution < 1.29 is 23.1 Å². The molecular formula is C15H22O5S. The Morgan fingerprint density at radius 1 is 1.24 bits per heavy atom. The normalized spacial score (nSPS) is 13.1. The molecule has 0 spiro atoms. The Morgan fingerprint density at radius 3 is 2.38 bits per heavy atom. The largest absolute Gasteiger partial charge is 0.494 e. The zero-order chi connectivity index (χ0) is 15.9. The number of ether oxygens (including phenoxy) is 1. The molecule has 0 saturated carbocycles. The Hall–Kier alpha value is -1.56. The first kappa shape index (κ1) is 17.5. The second-order valence-corrected chi connectivity index (χ2v) is 7.55. The Morgan fingerprint density at radius 2 is 1.86 bits per heavy atom. The van der Waals surface area contributed by atoms with Crippen LogP contribution in [0.15, 0.2) is 30.3 Å². The second kappa shape index (κ2) is 8.02. The first-order valence-corrected chi connectivity index (χ1v) is 8.75. The number of carboxylic acid groups (broad SMARTS) is 1. The fraction of sp³-hybridized carbons (Fsp3) is 0.533. The second-order valence-electron chi connectivity index (χ2n) is 5.32. The number of sulfone groups is 1. The zero-order valence-corrected chi connectivity index (χ0v) is 13.2. The molecule has 0 aliphatic carbocycles. The SMILES string of the molecule is CC(C)C(CS(=O)(=O)CCCOc1ccccc1)C(=O)O. The summed E-state index contributed by atoms with van der Waals surface area (Å²) in [6.07, 6.45) is 0.349. The van der Waals surface area contributed by atoms with Crippen molar-refractivity contribution in [3.05, 3.63) is 30.3 Å². The van der Waals surface area contributed by atoms with Crippen LogP contribution in [0.4, 0.5) is 0 Å². The van der Waals surface area contributed by atoms with Gasteiger partial charge in [-0.15, -0.1) is 0 Å². The lowest BCUT2D eigenvalue weighted by Crippen LogP contribution is -2.29. The Bertz CT molecular complexity index is 536. The number of hydrogen-bond acceptors (Lipinski definition) is 4. The predicted octanol–water partition coefficient (Wildman–Crippen LogP) is 2.23. The van der Waals surface area contributed by atoms with E-state index in [9.17, 15) is 13.2 Å². The van der Waals surface area contributed by atoms with Crippen LogP contribution >= 0.6 is 0 Å². The van der Waals surface area contributed by atoms with Crippen molar-refractivity contribution in [3.63, 3.8) is 0 Å². The lowest BCUT2D eigenvalue weighted by molar-refractivity contribution is -0.142. The van der Waals surface area contributed by atoms with E-state index in [0.717, 1.165) is 0 Å². The van der Waals surface area contributed by atoms with Crippen LogP contribution in [0.2, 0.25) is 0 Å². The molecule has 0 aromatic heterocycles. The molecule has 0 bridgehead atoms. The number of benzene rings is 1. The molecule has 6 heteroatoms. The van der Waals surface area contributed by atoms with Gasteiger partial charge in [0, 0.05) is 0 Å². The van der Waals surface area contributed by atoms with E-state index in [0.29, 0.717) is 18.8 Å². The maximum Gasteiger partial charge on any atom is 0.307 e. The molecule has 0 heterocycles. The van der Waals surface area contributed by atoms with Crippen LogP contribution in [0, 0.1) is 11.8 Å². The average molecular weight is 314 g/mol. The van der Waals surface area contributed by atoms with Crippen molar-refractivity contribution in [2.75, 3.05) is 18.1 Å². The van der Waals surface area contributed by atoms with E-state index in [1.807, 2.05) is 18.2 Å². The van der Waals surface area contributed by atoms with Crippen molar-refractivity contribution in [1.29, 1.82) is 0 Å². The highest BCUT2D eigenvalue weighted by molar-refractivity contribution is 7.91. The van der Waals surface area contributed by atoms with Crippen LogP contribution in [0.25, 0.3) is 0 Å². The quantitative estimate of drug-likeness (QED) is 0.707. The molecule has 1 N–H and O–H groups in total. The summed E-state index contributed by atoms with van der Waals surface area (Å²) in [4.78, 5) is 11.0. The molecule has 0 fully saturated rings. The highest BCUT2D eigenvalue weighted by Crippen LogP contribution is 2.15. The summed E-state index contributed by atoms with van der Waals surface area (Å²) in [6.45, 7) is 3.72. The predicted molar refractivity (Wildman–Crippen MR) is 81.2 cm³/mol. The van der Waals surface area contributed by atoms with Crippen LogP contribution < -0.4 is 4.74 Å². The van der Waals surface area contributed by atoms with Crippen molar-refractivity contribution in [2.24, 2.45) is 11.8 Å². The highest BCUT2D eigenvalue weighted by atomic mass is 32.2. The van der Waals surface area contributed by atoms with Crippen LogP contribution in [-0.4, -0.2) is 37.6 Å². The third-order valence-electron chi connectivity index (χ3n) is 3.17. The maximum atomic E-state index is 11.9. The smallest absolute Gasteiger partial charge is 0.307 e. The van der Waals surface area contributed by atoms with E-state index < -0.39 is 21.7 Å². The summed E-state index contributed by atoms with van der Waals surface area (Å²) < 4.78 is 29.3. The maximum absolute atomic E-state index is 11.9. The van der Waals surface area contributed by atoms with Crippen LogP contribution in [0.1, 0.15) is 20.3 Å². The summed E-state index contributed by atoms with van der Waals surface area (Å²) in [5, 5.41) is 9.04. The van der Waals surface area contributed by atoms with Gasteiger partial charge in [0.1, 0.15) is 5.75 Å². The van der Waals surface area contributed by atoms with Gasteiger partial charge in [-0.05, 0) is 24.5 Å². The number of aliphatic carboxylic acids is 1. The third-order valence-corrected chi connectivity index (χ3v) is 4.94. The summed E-state index contributed by atoms with van der Waals surface area (Å²) in [5.41, 5.74) is 0. The standard InChI is InChI=1S/C15H22O5S/c1-12(2)14(15(16)17)11-21(18,19)10-6-9-20-13-7-4-3-5-8-13/h3-5,7-8,12,14H,6,9-11H2,1-2H3,(H,16,17). The number of carbonyl (C=O) groups is 1. The Kier molecular flexibility index (Phi) is 6.68. The van der Waals surface area contributed by atoms with Gasteiger partial charge >= 0.3 is 5.97 Å². The average Bonchev–Trinajstić information content (AvgIpc) is 2.42. The number of para-hydroxylation sites is 1. The van der Waals surface area contributed by atoms with Gasteiger partial charge in [-0.2, -0.15) is 0 Å². The first-order valence-electron chi connectivity index (χ1n) is 6.93. The zero-order valence-electron chi connectivity index (χ0n) is 12.4. The molecule has 1 aromatic rings. The topological polar surface area (TPSA) is 80.7 Å². The minimum atomic E-state index is -3.39. The molecule has 21 heavy (non-hydrogen) atoms. The number of carboxylic acids is 1. The fourth-order valence-corrected chi connectivity index (χ4v) is 3.69. The van der Waals surface area contributed by atoms with Gasteiger partial charge in [-0.25, -0.2) is 8.42 Å². The van der Waals surface area contributed by atoms with Crippen molar-refractivity contribution in [3.8, 4) is 5.75 Å². The van der Waals surface area contributed by atoms with Gasteiger partial charge in [0.15, 0.2) is 9.84 Å². The van der Waals surface area contributed by atoms with Crippen molar-refractivity contribution in [1.82, 2.24) is 0 Å². The number of hydrogen-bond donors (Lipinski definition) is 1. The minimum Gasteiger partial charge on any atom is -0.494 e. The molecule has 1 aromatic carbocycles. The summed E-state index contributed by atoms with van der Waals surface area (Å²) in [7, 11) is -3.39. The lowest BCUT2D eigenvalue weighted by Gasteiger charge is -2.16. The highest BCUT2D eigenvalue weighted by Gasteiger charge is 2.27. The van der Waals surface area contributed by atoms with E-state index in [2.05, 4.69) is 0 Å². The molecular weight excluding hydrogens is 292 g/mol. The van der Waals surface area contributed by atoms with E-state index in [4.69, 9.17) is 9.84 Å². The van der Waals surface area contributed by atoms with Crippen molar-refractivity contribution >= 4 is 15.8 Å². The fourth-order valence-electron chi connectivity index (χ4n) is 1.89. The molecule has 118 valence electrons. The van der Waals surface area contributed by atoms with E-state index in [-0.39, 0.29) is 17.4 Å². The Balaban J connectivity index is 2.41. The van der Waals surface area contributed by atoms with E-state index >= 15 is 0 Å². The molecule has 1 unspecified atom stereocenters. The van der Waals surface area contributed by atoms with Gasteiger partial charge in [-0.3, -0.25) is 4.79 Å². The molecule has 0 amide bonds. The molecule has 0 saturated heterocycles. The lowest BCUT2D eigenvalue weighted by atomic mass is 9.98. The van der Waals surface area contributed by atoms with Gasteiger partial charge in [0.05, 0.1) is 24.0 Å². The molecule has 1 atom stereocenters. The first-order chi connectivity index (χ1) is 9.82. The van der Waals surface area contributed by atoms with Gasteiger partial charge < -0.3 is 9.84 Å². The van der Waals surface area contributed by atoms with Gasteiger partial charge in [0.2, 0.25) is 0 Å². The summed E-state index contributed by atoms with van der Waals surface area (Å²) in [6, 6.07) is 9.15.